The maximum atomic E-state index is 13.3. The van der Waals surface area contributed by atoms with Crippen LogP contribution >= 0.6 is 0 Å². The summed E-state index contributed by atoms with van der Waals surface area (Å²) in [5.74, 6) is 0.623. The molecule has 3 N–H and O–H groups in total. The number of likely N-dealkylation sites (tertiary alicyclic amines) is 1. The Hall–Kier alpha value is -2.36. The molecule has 4 atom stereocenters. The summed E-state index contributed by atoms with van der Waals surface area (Å²) in [7, 11) is 3.45. The maximum Gasteiger partial charge on any atom is 0.407 e. The third kappa shape index (κ3) is 8.66. The SMILES string of the molecule is CNC[C@H](C[C@H]1CCCOC1)NC(=O)N1CCC[C@@H]([C@@H](OCCN(C)C(=O)O)c2ccccc2)C1. The molecule has 2 heterocycles. The molecule has 0 unspecified atom stereocenters. The molecule has 1 aromatic carbocycles. The van der Waals surface area contributed by atoms with E-state index >= 15 is 0 Å². The van der Waals surface area contributed by atoms with E-state index in [1.807, 2.05) is 42.3 Å². The van der Waals surface area contributed by atoms with E-state index in [9.17, 15) is 9.59 Å². The van der Waals surface area contributed by atoms with Crippen LogP contribution in [0.1, 0.15) is 43.8 Å². The van der Waals surface area contributed by atoms with E-state index < -0.39 is 6.09 Å². The van der Waals surface area contributed by atoms with Crippen molar-refractivity contribution in [3.63, 3.8) is 0 Å². The standard InChI is InChI=1S/C26H42N4O5/c1-27-17-23(16-20-8-7-14-34-19-20)28-25(31)30-12-6-11-22(18-30)24(21-9-4-3-5-10-21)35-15-13-29(2)26(32)33/h3-5,9-10,20,22-24,27H,6-8,11-19H2,1-2H3,(H,28,31)(H,32,33)/t20-,22-,23+,24+/m1/s1. The van der Waals surface area contributed by atoms with Crippen molar-refractivity contribution in [2.75, 3.05) is 60.1 Å². The highest BCUT2D eigenvalue weighted by atomic mass is 16.5. The van der Waals surface area contributed by atoms with Gasteiger partial charge in [0.1, 0.15) is 0 Å². The second-order valence-electron chi connectivity index (χ2n) is 9.78. The van der Waals surface area contributed by atoms with Crippen LogP contribution in [0.3, 0.4) is 0 Å². The van der Waals surface area contributed by atoms with E-state index in [0.29, 0.717) is 25.6 Å². The van der Waals surface area contributed by atoms with Crippen molar-refractivity contribution < 1.29 is 24.2 Å². The van der Waals surface area contributed by atoms with Gasteiger partial charge in [0.25, 0.3) is 0 Å². The van der Waals surface area contributed by atoms with E-state index in [1.54, 1.807) is 0 Å². The molecule has 9 heteroatoms. The monoisotopic (exact) mass is 490 g/mol. The van der Waals surface area contributed by atoms with Crippen LogP contribution < -0.4 is 10.6 Å². The number of carbonyl (C=O) groups excluding carboxylic acids is 1. The summed E-state index contributed by atoms with van der Waals surface area (Å²) in [6.45, 7) is 4.28. The van der Waals surface area contributed by atoms with Crippen molar-refractivity contribution in [3.05, 3.63) is 35.9 Å². The summed E-state index contributed by atoms with van der Waals surface area (Å²) >= 11 is 0. The number of ether oxygens (including phenoxy) is 2. The molecule has 35 heavy (non-hydrogen) atoms. The molecule has 1 aromatic rings. The number of likely N-dealkylation sites (N-methyl/N-ethyl adjacent to an activating group) is 2. The third-order valence-electron chi connectivity index (χ3n) is 7.00. The molecule has 0 aromatic heterocycles. The van der Waals surface area contributed by atoms with Gasteiger partial charge in [0.05, 0.1) is 12.7 Å². The first-order valence-electron chi connectivity index (χ1n) is 12.9. The highest BCUT2D eigenvalue weighted by molar-refractivity contribution is 5.74. The highest BCUT2D eigenvalue weighted by Crippen LogP contribution is 2.33. The largest absolute Gasteiger partial charge is 0.465 e. The molecule has 3 amide bonds. The Labute approximate surface area is 209 Å². The van der Waals surface area contributed by atoms with E-state index in [-0.39, 0.29) is 24.1 Å². The average Bonchev–Trinajstić information content (AvgIpc) is 2.87. The number of nitrogens with one attached hydrogen (secondary N) is 2. The number of hydrogen-bond donors (Lipinski definition) is 3. The number of nitrogens with zero attached hydrogens (tertiary/aromatic N) is 2. The molecule has 0 bridgehead atoms. The van der Waals surface area contributed by atoms with Gasteiger partial charge in [-0.15, -0.1) is 0 Å². The van der Waals surface area contributed by atoms with Gasteiger partial charge in [-0.1, -0.05) is 30.3 Å². The number of hydrogen-bond acceptors (Lipinski definition) is 5. The molecule has 196 valence electrons. The lowest BCUT2D eigenvalue weighted by atomic mass is 9.88. The number of amides is 3. The number of rotatable bonds is 11. The van der Waals surface area contributed by atoms with Gasteiger partial charge in [-0.25, -0.2) is 9.59 Å². The lowest BCUT2D eigenvalue weighted by Crippen LogP contribution is -2.52. The first-order chi connectivity index (χ1) is 17.0. The lowest BCUT2D eigenvalue weighted by molar-refractivity contribution is -0.0156. The second kappa shape index (κ2) is 14.3. The zero-order valence-electron chi connectivity index (χ0n) is 21.2. The van der Waals surface area contributed by atoms with Crippen LogP contribution in [0, 0.1) is 11.8 Å². The van der Waals surface area contributed by atoms with Gasteiger partial charge >= 0.3 is 12.1 Å². The van der Waals surface area contributed by atoms with Gasteiger partial charge in [0, 0.05) is 58.4 Å². The minimum Gasteiger partial charge on any atom is -0.465 e. The topological polar surface area (TPSA) is 103 Å². The minimum absolute atomic E-state index is 0.0240. The van der Waals surface area contributed by atoms with Crippen molar-refractivity contribution in [2.24, 2.45) is 11.8 Å². The van der Waals surface area contributed by atoms with Gasteiger partial charge in [-0.3, -0.25) is 0 Å². The van der Waals surface area contributed by atoms with Gasteiger partial charge < -0.3 is 35.0 Å². The number of piperidine rings is 1. The van der Waals surface area contributed by atoms with Crippen LogP contribution in [0.5, 0.6) is 0 Å². The summed E-state index contributed by atoms with van der Waals surface area (Å²) in [6.07, 6.45) is 3.85. The van der Waals surface area contributed by atoms with Crippen LogP contribution in [-0.2, 0) is 9.47 Å². The van der Waals surface area contributed by atoms with Crippen molar-refractivity contribution in [2.45, 2.75) is 44.2 Å². The quantitative estimate of drug-likeness (QED) is 0.440. The minimum atomic E-state index is -0.971. The van der Waals surface area contributed by atoms with Gasteiger partial charge in [-0.2, -0.15) is 0 Å². The Morgan fingerprint density at radius 3 is 2.74 bits per heavy atom. The van der Waals surface area contributed by atoms with Crippen LogP contribution in [-0.4, -0.2) is 93.2 Å². The number of carboxylic acid groups (broad SMARTS) is 1. The number of carbonyl (C=O) groups is 2. The molecule has 2 aliphatic heterocycles. The number of urea groups is 1. The summed E-state index contributed by atoms with van der Waals surface area (Å²) in [5.41, 5.74) is 1.06. The van der Waals surface area contributed by atoms with E-state index in [4.69, 9.17) is 14.6 Å². The highest BCUT2D eigenvalue weighted by Gasteiger charge is 2.32. The maximum absolute atomic E-state index is 13.3. The van der Waals surface area contributed by atoms with Crippen LogP contribution in [0.4, 0.5) is 9.59 Å². The van der Waals surface area contributed by atoms with Gasteiger partial charge in [-0.05, 0) is 50.6 Å². The second-order valence-corrected chi connectivity index (χ2v) is 9.78. The Balaban J connectivity index is 1.61. The van der Waals surface area contributed by atoms with Crippen LogP contribution in [0.15, 0.2) is 30.3 Å². The molecule has 9 nitrogen and oxygen atoms in total. The van der Waals surface area contributed by atoms with Crippen LogP contribution in [0.2, 0.25) is 0 Å². The Kier molecular flexibility index (Phi) is 11.1. The molecule has 0 radical (unpaired) electrons. The molecule has 0 spiro atoms. The smallest absolute Gasteiger partial charge is 0.407 e. The zero-order valence-corrected chi connectivity index (χ0v) is 21.2. The number of benzene rings is 1. The molecule has 2 aliphatic rings. The first kappa shape index (κ1) is 27.2. The molecule has 0 saturated carbocycles. The lowest BCUT2D eigenvalue weighted by Gasteiger charge is -2.38. The Morgan fingerprint density at radius 1 is 1.26 bits per heavy atom. The molecule has 0 aliphatic carbocycles. The van der Waals surface area contributed by atoms with E-state index in [1.165, 1.54) is 11.9 Å². The molecular weight excluding hydrogens is 448 g/mol. The summed E-state index contributed by atoms with van der Waals surface area (Å²) in [4.78, 5) is 27.5. The van der Waals surface area contributed by atoms with Crippen LogP contribution in [0.25, 0.3) is 0 Å². The predicted octanol–water partition coefficient (Wildman–Crippen LogP) is 3.18. The van der Waals surface area contributed by atoms with Gasteiger partial charge in [0.2, 0.25) is 0 Å². The molecule has 2 fully saturated rings. The Bertz CT molecular complexity index is 774. The summed E-state index contributed by atoms with van der Waals surface area (Å²) in [6, 6.07) is 10.1. The van der Waals surface area contributed by atoms with Crippen molar-refractivity contribution in [3.8, 4) is 0 Å². The van der Waals surface area contributed by atoms with Gasteiger partial charge in [0.15, 0.2) is 0 Å². The normalized spacial score (nSPS) is 22.3. The Morgan fingerprint density at radius 2 is 2.06 bits per heavy atom. The molecule has 3 rings (SSSR count). The zero-order chi connectivity index (χ0) is 25.0. The van der Waals surface area contributed by atoms with E-state index in [0.717, 1.165) is 64.0 Å². The van der Waals surface area contributed by atoms with Crippen molar-refractivity contribution in [1.82, 2.24) is 20.4 Å². The van der Waals surface area contributed by atoms with E-state index in [2.05, 4.69) is 10.6 Å². The summed E-state index contributed by atoms with van der Waals surface area (Å²) in [5, 5.41) is 15.6. The van der Waals surface area contributed by atoms with Crippen molar-refractivity contribution >= 4 is 12.1 Å². The van der Waals surface area contributed by atoms with Crippen molar-refractivity contribution in [1.29, 1.82) is 0 Å². The fraction of sp³-hybridized carbons (Fsp3) is 0.692. The average molecular weight is 491 g/mol. The molecule has 2 saturated heterocycles. The molecular formula is C26H42N4O5. The fourth-order valence-corrected chi connectivity index (χ4v) is 5.10. The first-order valence-corrected chi connectivity index (χ1v) is 12.9. The summed E-state index contributed by atoms with van der Waals surface area (Å²) < 4.78 is 11.9. The predicted molar refractivity (Wildman–Crippen MR) is 134 cm³/mol. The third-order valence-corrected chi connectivity index (χ3v) is 7.00. The fourth-order valence-electron chi connectivity index (χ4n) is 5.10.